The summed E-state index contributed by atoms with van der Waals surface area (Å²) in [6.45, 7) is 5.31. The largest absolute Gasteiger partial charge is 0.350 e. The van der Waals surface area contributed by atoms with Gasteiger partial charge in [0.05, 0.1) is 5.69 Å². The van der Waals surface area contributed by atoms with Gasteiger partial charge in [-0.1, -0.05) is 13.0 Å². The Kier molecular flexibility index (Phi) is 5.13. The number of amides is 1. The molecule has 4 aliphatic carbocycles. The van der Waals surface area contributed by atoms with Gasteiger partial charge < -0.3 is 10.1 Å². The molecular formula is C27H36N4O2. The molecule has 1 amide bonds. The Morgan fingerprint density at radius 2 is 1.91 bits per heavy atom. The molecule has 1 aliphatic heterocycles. The smallest absolute Gasteiger partial charge is 0.268 e. The molecule has 1 atom stereocenters. The average molecular weight is 449 g/mol. The zero-order chi connectivity index (χ0) is 22.6. The highest BCUT2D eigenvalue weighted by Crippen LogP contribution is 2.59. The maximum absolute atomic E-state index is 13.3. The molecule has 5 fully saturated rings. The molecule has 2 aromatic heterocycles. The number of hydrogen-bond donors (Lipinski definition) is 1. The fourth-order valence-electron chi connectivity index (χ4n) is 8.02. The molecule has 6 nitrogen and oxygen atoms in total. The average Bonchev–Trinajstić information content (AvgIpc) is 3.19. The van der Waals surface area contributed by atoms with E-state index in [2.05, 4.69) is 10.2 Å². The van der Waals surface area contributed by atoms with Crippen LogP contribution in [-0.4, -0.2) is 46.1 Å². The van der Waals surface area contributed by atoms with E-state index in [0.29, 0.717) is 17.7 Å². The first-order valence-corrected chi connectivity index (χ1v) is 12.9. The standard InChI is InChI=1S/C27H36N4O2/c1-26(18-32)6-3-7-30(17-26)14-22-15-31-23(4-2-5-24(31)29-22)25(33)28-16-27-11-19-8-20(12-27)10-21(9-19)13-27/h2,4-5,15,18-21H,3,6-14,16-17H2,1H3,(H,28,33). The molecule has 6 heteroatoms. The van der Waals surface area contributed by atoms with Crippen LogP contribution in [0.2, 0.25) is 0 Å². The summed E-state index contributed by atoms with van der Waals surface area (Å²) < 4.78 is 1.94. The maximum Gasteiger partial charge on any atom is 0.268 e. The number of rotatable bonds is 6. The summed E-state index contributed by atoms with van der Waals surface area (Å²) in [5.41, 5.74) is 2.49. The van der Waals surface area contributed by atoms with Crippen molar-refractivity contribution >= 4 is 17.8 Å². The Bertz CT molecular complexity index is 1040. The van der Waals surface area contributed by atoms with Crippen molar-refractivity contribution in [3.05, 3.63) is 35.8 Å². The van der Waals surface area contributed by atoms with Gasteiger partial charge in [0.1, 0.15) is 17.6 Å². The van der Waals surface area contributed by atoms with E-state index in [0.717, 1.165) is 67.9 Å². The van der Waals surface area contributed by atoms with Crippen LogP contribution in [0, 0.1) is 28.6 Å². The van der Waals surface area contributed by atoms with E-state index < -0.39 is 0 Å². The van der Waals surface area contributed by atoms with Gasteiger partial charge in [0.15, 0.2) is 0 Å². The van der Waals surface area contributed by atoms with Gasteiger partial charge in [-0.05, 0) is 93.2 Å². The van der Waals surface area contributed by atoms with E-state index in [1.165, 1.54) is 38.5 Å². The van der Waals surface area contributed by atoms with Crippen LogP contribution in [0.4, 0.5) is 0 Å². The fraction of sp³-hybridized carbons (Fsp3) is 0.667. The third kappa shape index (κ3) is 4.01. The summed E-state index contributed by atoms with van der Waals surface area (Å²) in [5, 5.41) is 3.32. The van der Waals surface area contributed by atoms with Gasteiger partial charge in [-0.25, -0.2) is 4.98 Å². The number of hydrogen-bond acceptors (Lipinski definition) is 4. The molecular weight excluding hydrogens is 412 g/mol. The van der Waals surface area contributed by atoms with Gasteiger partial charge in [0.2, 0.25) is 0 Å². The molecule has 0 radical (unpaired) electrons. The number of likely N-dealkylation sites (tertiary alicyclic amines) is 1. The lowest BCUT2D eigenvalue weighted by molar-refractivity contribution is -0.118. The number of fused-ring (bicyclic) bond motifs is 1. The summed E-state index contributed by atoms with van der Waals surface area (Å²) >= 11 is 0. The second-order valence-electron chi connectivity index (χ2n) is 12.1. The van der Waals surface area contributed by atoms with Crippen molar-refractivity contribution < 1.29 is 9.59 Å². The van der Waals surface area contributed by atoms with Crippen molar-refractivity contribution in [2.45, 2.75) is 64.8 Å². The number of imidazole rings is 1. The van der Waals surface area contributed by atoms with Crippen LogP contribution in [0.1, 0.15) is 74.5 Å². The van der Waals surface area contributed by atoms with Crippen LogP contribution >= 0.6 is 0 Å². The molecule has 1 N–H and O–H groups in total. The minimum absolute atomic E-state index is 0.00629. The van der Waals surface area contributed by atoms with Crippen molar-refractivity contribution in [1.82, 2.24) is 19.6 Å². The molecule has 0 aromatic carbocycles. The number of piperidine rings is 1. The molecule has 4 bridgehead atoms. The van der Waals surface area contributed by atoms with Crippen LogP contribution < -0.4 is 5.32 Å². The minimum atomic E-state index is -0.264. The molecule has 3 heterocycles. The van der Waals surface area contributed by atoms with E-state index in [-0.39, 0.29) is 11.3 Å². The van der Waals surface area contributed by atoms with Crippen molar-refractivity contribution in [2.75, 3.05) is 19.6 Å². The number of nitrogens with one attached hydrogen (secondary N) is 1. The van der Waals surface area contributed by atoms with E-state index >= 15 is 0 Å². The summed E-state index contributed by atoms with van der Waals surface area (Å²) in [4.78, 5) is 31.9. The van der Waals surface area contributed by atoms with Crippen molar-refractivity contribution in [3.63, 3.8) is 0 Å². The maximum atomic E-state index is 13.3. The second-order valence-corrected chi connectivity index (χ2v) is 12.1. The van der Waals surface area contributed by atoms with Gasteiger partial charge in [0, 0.05) is 31.2 Å². The van der Waals surface area contributed by atoms with Gasteiger partial charge in [-0.2, -0.15) is 0 Å². The third-order valence-corrected chi connectivity index (χ3v) is 9.04. The van der Waals surface area contributed by atoms with Crippen molar-refractivity contribution in [2.24, 2.45) is 28.6 Å². The van der Waals surface area contributed by atoms with Crippen LogP contribution in [0.25, 0.3) is 5.65 Å². The minimum Gasteiger partial charge on any atom is -0.350 e. The van der Waals surface area contributed by atoms with Crippen molar-refractivity contribution in [1.29, 1.82) is 0 Å². The first kappa shape index (κ1) is 21.3. The Morgan fingerprint density at radius 1 is 1.18 bits per heavy atom. The van der Waals surface area contributed by atoms with Crippen LogP contribution in [0.5, 0.6) is 0 Å². The highest BCUT2D eigenvalue weighted by molar-refractivity contribution is 5.93. The van der Waals surface area contributed by atoms with Crippen LogP contribution in [0.15, 0.2) is 24.4 Å². The number of aromatic nitrogens is 2. The molecule has 0 spiro atoms. The van der Waals surface area contributed by atoms with E-state index in [1.54, 1.807) is 0 Å². The molecule has 4 saturated carbocycles. The highest BCUT2D eigenvalue weighted by Gasteiger charge is 2.50. The number of nitrogens with zero attached hydrogens (tertiary/aromatic N) is 3. The Hall–Kier alpha value is -2.21. The molecule has 5 aliphatic rings. The SMILES string of the molecule is CC1(C=O)CCCN(Cc2cn3c(C(=O)NCC45CC6CC(CC(C6)C4)C5)cccc3n2)C1. The van der Waals surface area contributed by atoms with E-state index in [4.69, 9.17) is 4.98 Å². The lowest BCUT2D eigenvalue weighted by Gasteiger charge is -2.56. The number of carbonyl (C=O) groups is 2. The molecule has 33 heavy (non-hydrogen) atoms. The van der Waals surface area contributed by atoms with Gasteiger partial charge in [-0.15, -0.1) is 0 Å². The van der Waals surface area contributed by atoms with Gasteiger partial charge in [-0.3, -0.25) is 14.1 Å². The topological polar surface area (TPSA) is 66.7 Å². The quantitative estimate of drug-likeness (QED) is 0.676. The zero-order valence-corrected chi connectivity index (χ0v) is 19.8. The molecule has 1 saturated heterocycles. The first-order chi connectivity index (χ1) is 15.9. The first-order valence-electron chi connectivity index (χ1n) is 12.9. The third-order valence-electron chi connectivity index (χ3n) is 9.04. The Morgan fingerprint density at radius 3 is 2.61 bits per heavy atom. The van der Waals surface area contributed by atoms with E-state index in [9.17, 15) is 9.59 Å². The monoisotopic (exact) mass is 448 g/mol. The summed E-state index contributed by atoms with van der Waals surface area (Å²) in [7, 11) is 0. The molecule has 2 aromatic rings. The van der Waals surface area contributed by atoms with Crippen LogP contribution in [0.3, 0.4) is 0 Å². The summed E-state index contributed by atoms with van der Waals surface area (Å²) in [6.07, 6.45) is 13.3. The number of aldehydes is 1. The van der Waals surface area contributed by atoms with E-state index in [1.807, 2.05) is 35.7 Å². The predicted octanol–water partition coefficient (Wildman–Crippen LogP) is 4.08. The summed E-state index contributed by atoms with van der Waals surface area (Å²) in [5.74, 6) is 2.68. The summed E-state index contributed by atoms with van der Waals surface area (Å²) in [6, 6.07) is 5.79. The zero-order valence-electron chi connectivity index (χ0n) is 19.8. The van der Waals surface area contributed by atoms with Gasteiger partial charge >= 0.3 is 0 Å². The van der Waals surface area contributed by atoms with Gasteiger partial charge in [0.25, 0.3) is 5.91 Å². The number of pyridine rings is 1. The number of carbonyl (C=O) groups excluding carboxylic acids is 2. The predicted molar refractivity (Wildman–Crippen MR) is 127 cm³/mol. The lowest BCUT2D eigenvalue weighted by Crippen LogP contribution is -2.51. The Labute approximate surface area is 196 Å². The highest BCUT2D eigenvalue weighted by atomic mass is 16.2. The molecule has 1 unspecified atom stereocenters. The second kappa shape index (κ2) is 7.93. The normalized spacial score (nSPS) is 35.7. The lowest BCUT2D eigenvalue weighted by atomic mass is 9.49. The van der Waals surface area contributed by atoms with Crippen LogP contribution in [-0.2, 0) is 11.3 Å². The molecule has 7 rings (SSSR count). The molecule has 176 valence electrons. The van der Waals surface area contributed by atoms with Crippen molar-refractivity contribution in [3.8, 4) is 0 Å². The Balaban J connectivity index is 1.16. The fourth-order valence-corrected chi connectivity index (χ4v) is 8.02.